The lowest BCUT2D eigenvalue weighted by atomic mass is 10.1. The molecule has 0 fully saturated rings. The van der Waals surface area contributed by atoms with Gasteiger partial charge in [0, 0.05) is 18.6 Å². The van der Waals surface area contributed by atoms with E-state index in [1.807, 2.05) is 32.6 Å². The van der Waals surface area contributed by atoms with Gasteiger partial charge in [-0.25, -0.2) is 0 Å². The molecular weight excluding hydrogens is 178 g/mol. The fraction of sp³-hybridized carbons (Fsp3) is 0.900. The Hall–Kier alpha value is -0.610. The molecule has 84 valence electrons. The Morgan fingerprint density at radius 3 is 2.36 bits per heavy atom. The summed E-state index contributed by atoms with van der Waals surface area (Å²) >= 11 is 0. The van der Waals surface area contributed by atoms with E-state index in [4.69, 9.17) is 5.73 Å². The fourth-order valence-electron chi connectivity index (χ4n) is 1.19. The van der Waals surface area contributed by atoms with Crippen LogP contribution >= 0.6 is 0 Å². The zero-order valence-electron chi connectivity index (χ0n) is 9.76. The summed E-state index contributed by atoms with van der Waals surface area (Å²) in [5.74, 6) is 0.0628. The summed E-state index contributed by atoms with van der Waals surface area (Å²) in [6.07, 6.45) is 0. The molecular formula is C10H23N3O. The van der Waals surface area contributed by atoms with Crippen molar-refractivity contribution in [3.63, 3.8) is 0 Å². The van der Waals surface area contributed by atoms with Crippen molar-refractivity contribution in [2.24, 2.45) is 5.73 Å². The molecule has 0 aliphatic heterocycles. The van der Waals surface area contributed by atoms with E-state index in [-0.39, 0.29) is 11.4 Å². The molecule has 0 aliphatic carbocycles. The Kier molecular flexibility index (Phi) is 5.72. The van der Waals surface area contributed by atoms with Gasteiger partial charge < -0.3 is 11.1 Å². The zero-order valence-corrected chi connectivity index (χ0v) is 9.76. The number of nitrogens with zero attached hydrogens (tertiary/aromatic N) is 1. The number of nitrogens with one attached hydrogen (secondary N) is 1. The second-order valence-corrected chi connectivity index (χ2v) is 4.46. The summed E-state index contributed by atoms with van der Waals surface area (Å²) in [4.78, 5) is 13.5. The third-order valence-electron chi connectivity index (χ3n) is 1.77. The van der Waals surface area contributed by atoms with E-state index < -0.39 is 0 Å². The molecule has 4 heteroatoms. The molecule has 0 bridgehead atoms. The number of rotatable bonds is 5. The lowest BCUT2D eigenvalue weighted by Crippen LogP contribution is -2.46. The Labute approximate surface area is 86.8 Å². The normalized spacial score (nSPS) is 11.9. The second-order valence-electron chi connectivity index (χ2n) is 4.46. The summed E-state index contributed by atoms with van der Waals surface area (Å²) in [5.41, 5.74) is 5.28. The van der Waals surface area contributed by atoms with Crippen LogP contribution in [0.3, 0.4) is 0 Å². The first-order valence-corrected chi connectivity index (χ1v) is 5.12. The highest BCUT2D eigenvalue weighted by atomic mass is 16.2. The fourth-order valence-corrected chi connectivity index (χ4v) is 1.19. The third-order valence-corrected chi connectivity index (χ3v) is 1.77. The molecule has 0 atom stereocenters. The lowest BCUT2D eigenvalue weighted by Gasteiger charge is -2.24. The van der Waals surface area contributed by atoms with Crippen LogP contribution in [-0.2, 0) is 4.79 Å². The second kappa shape index (κ2) is 5.98. The Balaban J connectivity index is 3.91. The summed E-state index contributed by atoms with van der Waals surface area (Å²) in [7, 11) is 0. The SMILES string of the molecule is CCN(CCN)CC(=O)NC(C)(C)C. The molecule has 1 amide bonds. The number of nitrogens with two attached hydrogens (primary N) is 1. The van der Waals surface area contributed by atoms with E-state index in [1.165, 1.54) is 0 Å². The molecule has 0 aromatic rings. The van der Waals surface area contributed by atoms with Gasteiger partial charge in [0.05, 0.1) is 6.54 Å². The molecule has 0 saturated heterocycles. The maximum Gasteiger partial charge on any atom is 0.234 e. The zero-order chi connectivity index (χ0) is 11.2. The van der Waals surface area contributed by atoms with Gasteiger partial charge in [0.2, 0.25) is 5.91 Å². The van der Waals surface area contributed by atoms with Crippen LogP contribution in [0.2, 0.25) is 0 Å². The molecule has 0 unspecified atom stereocenters. The summed E-state index contributed by atoms with van der Waals surface area (Å²) < 4.78 is 0. The van der Waals surface area contributed by atoms with Crippen molar-refractivity contribution in [3.8, 4) is 0 Å². The van der Waals surface area contributed by atoms with Crippen molar-refractivity contribution < 1.29 is 4.79 Å². The first kappa shape index (κ1) is 13.4. The number of likely N-dealkylation sites (N-methyl/N-ethyl adjacent to an activating group) is 1. The van der Waals surface area contributed by atoms with E-state index in [0.29, 0.717) is 13.1 Å². The smallest absolute Gasteiger partial charge is 0.234 e. The van der Waals surface area contributed by atoms with Gasteiger partial charge in [-0.15, -0.1) is 0 Å². The standard InChI is InChI=1S/C10H23N3O/c1-5-13(7-6-11)8-9(14)12-10(2,3)4/h5-8,11H2,1-4H3,(H,12,14). The number of hydrogen-bond donors (Lipinski definition) is 2. The van der Waals surface area contributed by atoms with Gasteiger partial charge in [-0.05, 0) is 27.3 Å². The minimum Gasteiger partial charge on any atom is -0.350 e. The molecule has 0 aliphatic rings. The van der Waals surface area contributed by atoms with Crippen LogP contribution in [0.15, 0.2) is 0 Å². The van der Waals surface area contributed by atoms with E-state index >= 15 is 0 Å². The summed E-state index contributed by atoms with van der Waals surface area (Å²) in [6, 6.07) is 0. The summed E-state index contributed by atoms with van der Waals surface area (Å²) in [5, 5.41) is 2.92. The van der Waals surface area contributed by atoms with Crippen molar-refractivity contribution in [2.75, 3.05) is 26.2 Å². The molecule has 3 N–H and O–H groups in total. The Morgan fingerprint density at radius 1 is 1.43 bits per heavy atom. The number of carbonyl (C=O) groups excluding carboxylic acids is 1. The topological polar surface area (TPSA) is 58.4 Å². The quantitative estimate of drug-likeness (QED) is 0.667. The highest BCUT2D eigenvalue weighted by molar-refractivity contribution is 5.78. The average molecular weight is 201 g/mol. The average Bonchev–Trinajstić information content (AvgIpc) is 2.00. The first-order valence-electron chi connectivity index (χ1n) is 5.12. The van der Waals surface area contributed by atoms with Crippen molar-refractivity contribution in [3.05, 3.63) is 0 Å². The van der Waals surface area contributed by atoms with E-state index in [0.717, 1.165) is 13.1 Å². The van der Waals surface area contributed by atoms with Crippen LogP contribution < -0.4 is 11.1 Å². The van der Waals surface area contributed by atoms with E-state index in [1.54, 1.807) is 0 Å². The van der Waals surface area contributed by atoms with Crippen molar-refractivity contribution in [1.82, 2.24) is 10.2 Å². The van der Waals surface area contributed by atoms with Gasteiger partial charge in [-0.1, -0.05) is 6.92 Å². The van der Waals surface area contributed by atoms with Gasteiger partial charge in [0.25, 0.3) is 0 Å². The van der Waals surface area contributed by atoms with Crippen molar-refractivity contribution >= 4 is 5.91 Å². The summed E-state index contributed by atoms with van der Waals surface area (Å²) in [6.45, 7) is 10.6. The van der Waals surface area contributed by atoms with Crippen LogP contribution in [-0.4, -0.2) is 42.5 Å². The minimum absolute atomic E-state index is 0.0628. The van der Waals surface area contributed by atoms with Gasteiger partial charge in [0.1, 0.15) is 0 Å². The maximum atomic E-state index is 11.5. The number of amides is 1. The number of carbonyl (C=O) groups is 1. The van der Waals surface area contributed by atoms with Crippen LogP contribution in [0, 0.1) is 0 Å². The Bertz CT molecular complexity index is 175. The van der Waals surface area contributed by atoms with Crippen LogP contribution in [0.1, 0.15) is 27.7 Å². The monoisotopic (exact) mass is 201 g/mol. The Morgan fingerprint density at radius 2 is 2.00 bits per heavy atom. The highest BCUT2D eigenvalue weighted by Crippen LogP contribution is 1.98. The predicted molar refractivity (Wildman–Crippen MR) is 59.1 cm³/mol. The predicted octanol–water partition coefficient (Wildman–Crippen LogP) is 0.182. The van der Waals surface area contributed by atoms with E-state index in [9.17, 15) is 4.79 Å². The van der Waals surface area contributed by atoms with Crippen molar-refractivity contribution in [1.29, 1.82) is 0 Å². The first-order chi connectivity index (χ1) is 6.39. The lowest BCUT2D eigenvalue weighted by molar-refractivity contribution is -0.123. The molecule has 0 radical (unpaired) electrons. The third kappa shape index (κ3) is 6.86. The molecule has 0 aromatic carbocycles. The highest BCUT2D eigenvalue weighted by Gasteiger charge is 2.15. The number of hydrogen-bond acceptors (Lipinski definition) is 3. The van der Waals surface area contributed by atoms with Crippen LogP contribution in [0.5, 0.6) is 0 Å². The van der Waals surface area contributed by atoms with Gasteiger partial charge >= 0.3 is 0 Å². The van der Waals surface area contributed by atoms with Gasteiger partial charge in [0.15, 0.2) is 0 Å². The van der Waals surface area contributed by atoms with Crippen LogP contribution in [0.25, 0.3) is 0 Å². The molecule has 14 heavy (non-hydrogen) atoms. The maximum absolute atomic E-state index is 11.5. The largest absolute Gasteiger partial charge is 0.350 e. The molecule has 0 heterocycles. The van der Waals surface area contributed by atoms with Gasteiger partial charge in [-0.2, -0.15) is 0 Å². The van der Waals surface area contributed by atoms with Gasteiger partial charge in [-0.3, -0.25) is 9.69 Å². The minimum atomic E-state index is -0.154. The molecule has 0 rings (SSSR count). The molecule has 0 aromatic heterocycles. The molecule has 4 nitrogen and oxygen atoms in total. The van der Waals surface area contributed by atoms with Crippen LogP contribution in [0.4, 0.5) is 0 Å². The molecule has 0 saturated carbocycles. The molecule has 0 spiro atoms. The van der Waals surface area contributed by atoms with E-state index in [2.05, 4.69) is 5.32 Å². The van der Waals surface area contributed by atoms with Crippen molar-refractivity contribution in [2.45, 2.75) is 33.2 Å².